The van der Waals surface area contributed by atoms with Crippen LogP contribution in [0.15, 0.2) is 35.9 Å². The van der Waals surface area contributed by atoms with Gasteiger partial charge in [0.15, 0.2) is 0 Å². The smallest absolute Gasteiger partial charge is 0.0403 e. The van der Waals surface area contributed by atoms with Crippen LogP contribution >= 0.6 is 11.6 Å². The average Bonchev–Trinajstić information content (AvgIpc) is 1.88. The number of rotatable bonds is 4. The van der Waals surface area contributed by atoms with E-state index >= 15 is 0 Å². The highest BCUT2D eigenvalue weighted by Gasteiger charge is 1.87. The van der Waals surface area contributed by atoms with Crippen molar-refractivity contribution in [2.75, 3.05) is 13.6 Å². The van der Waals surface area contributed by atoms with E-state index in [0.717, 1.165) is 12.1 Å². The van der Waals surface area contributed by atoms with Crippen LogP contribution in [0, 0.1) is 0 Å². The van der Waals surface area contributed by atoms with Gasteiger partial charge in [-0.2, -0.15) is 0 Å². The maximum Gasteiger partial charge on any atom is 0.0403 e. The highest BCUT2D eigenvalue weighted by atomic mass is 35.5. The van der Waals surface area contributed by atoms with Gasteiger partial charge in [0, 0.05) is 11.6 Å². The van der Waals surface area contributed by atoms with Crippen LogP contribution in [-0.2, 0) is 0 Å². The number of hydrogen-bond donors (Lipinski definition) is 1. The van der Waals surface area contributed by atoms with Crippen LogP contribution in [-0.4, -0.2) is 13.6 Å². The zero-order valence-corrected chi connectivity index (χ0v) is 6.91. The Morgan fingerprint density at radius 1 is 1.70 bits per heavy atom. The van der Waals surface area contributed by atoms with E-state index in [4.69, 9.17) is 11.6 Å². The summed E-state index contributed by atoms with van der Waals surface area (Å²) in [6.45, 7) is 8.03. The van der Waals surface area contributed by atoms with Crippen molar-refractivity contribution < 1.29 is 0 Å². The molecule has 0 saturated heterocycles. The molecular formula is C8H12ClN. The lowest BCUT2D eigenvalue weighted by molar-refractivity contribution is 0.898. The van der Waals surface area contributed by atoms with Gasteiger partial charge in [0.1, 0.15) is 0 Å². The molecule has 0 atom stereocenters. The van der Waals surface area contributed by atoms with Crippen LogP contribution in [0.5, 0.6) is 0 Å². The highest BCUT2D eigenvalue weighted by Crippen LogP contribution is 2.04. The number of halogens is 1. The van der Waals surface area contributed by atoms with Crippen molar-refractivity contribution in [3.05, 3.63) is 35.9 Å². The number of nitrogens with one attached hydrogen (secondary N) is 1. The molecule has 0 aliphatic heterocycles. The zero-order chi connectivity index (χ0) is 7.98. The van der Waals surface area contributed by atoms with E-state index in [1.807, 2.05) is 7.05 Å². The Hall–Kier alpha value is -0.530. The van der Waals surface area contributed by atoms with Crippen molar-refractivity contribution in [2.24, 2.45) is 0 Å². The summed E-state index contributed by atoms with van der Waals surface area (Å²) in [6, 6.07) is 0. The molecule has 10 heavy (non-hydrogen) atoms. The Balaban J connectivity index is 3.86. The van der Waals surface area contributed by atoms with Crippen LogP contribution in [0.3, 0.4) is 0 Å². The molecule has 0 amide bonds. The van der Waals surface area contributed by atoms with E-state index in [-0.39, 0.29) is 0 Å². The summed E-state index contributed by atoms with van der Waals surface area (Å²) in [7, 11) is 1.86. The molecule has 0 aromatic rings. The molecule has 0 aliphatic rings. The molecule has 56 valence electrons. The fourth-order valence-corrected chi connectivity index (χ4v) is 0.686. The Labute approximate surface area is 67.1 Å². The van der Waals surface area contributed by atoms with Gasteiger partial charge in [-0.1, -0.05) is 30.8 Å². The minimum Gasteiger partial charge on any atom is -0.316 e. The molecule has 0 unspecified atom stereocenters. The van der Waals surface area contributed by atoms with Gasteiger partial charge < -0.3 is 5.32 Å². The minimum atomic E-state index is 0.625. The average molecular weight is 158 g/mol. The molecule has 1 N–H and O–H groups in total. The van der Waals surface area contributed by atoms with Crippen LogP contribution < -0.4 is 5.32 Å². The highest BCUT2D eigenvalue weighted by molar-refractivity contribution is 6.31. The van der Waals surface area contributed by atoms with Gasteiger partial charge in [0.25, 0.3) is 0 Å². The van der Waals surface area contributed by atoms with Crippen LogP contribution in [0.25, 0.3) is 0 Å². The van der Waals surface area contributed by atoms with Crippen LogP contribution in [0.4, 0.5) is 0 Å². The summed E-state index contributed by atoms with van der Waals surface area (Å²) in [5, 5.41) is 3.59. The number of allylic oxidation sites excluding steroid dienone is 2. The molecule has 0 radical (unpaired) electrons. The van der Waals surface area contributed by atoms with Crippen molar-refractivity contribution in [2.45, 2.75) is 0 Å². The topological polar surface area (TPSA) is 12.0 Å². The first-order valence-corrected chi connectivity index (χ1v) is 3.40. The van der Waals surface area contributed by atoms with Crippen molar-refractivity contribution in [1.29, 1.82) is 0 Å². The van der Waals surface area contributed by atoms with Crippen molar-refractivity contribution in [1.82, 2.24) is 5.32 Å². The van der Waals surface area contributed by atoms with Gasteiger partial charge >= 0.3 is 0 Å². The van der Waals surface area contributed by atoms with Gasteiger partial charge in [0.2, 0.25) is 0 Å². The summed E-state index contributed by atoms with van der Waals surface area (Å²) in [5.74, 6) is 0. The molecular weight excluding hydrogens is 146 g/mol. The molecule has 0 bridgehead atoms. The fraction of sp³-hybridized carbons (Fsp3) is 0.250. The van der Waals surface area contributed by atoms with Crippen molar-refractivity contribution >= 4 is 11.6 Å². The molecule has 0 aromatic carbocycles. The first-order chi connectivity index (χ1) is 4.70. The predicted octanol–water partition coefficient (Wildman–Crippen LogP) is 2.07. The van der Waals surface area contributed by atoms with Crippen LogP contribution in [0.2, 0.25) is 0 Å². The van der Waals surface area contributed by atoms with E-state index in [0.29, 0.717) is 5.03 Å². The Morgan fingerprint density at radius 2 is 2.30 bits per heavy atom. The second kappa shape index (κ2) is 5.27. The van der Waals surface area contributed by atoms with E-state index in [2.05, 4.69) is 18.5 Å². The zero-order valence-electron chi connectivity index (χ0n) is 6.15. The third-order valence-electron chi connectivity index (χ3n) is 0.941. The largest absolute Gasteiger partial charge is 0.316 e. The van der Waals surface area contributed by atoms with Gasteiger partial charge in [-0.15, -0.1) is 0 Å². The molecule has 0 spiro atoms. The summed E-state index contributed by atoms with van der Waals surface area (Å²) < 4.78 is 0. The molecule has 0 rings (SSSR count). The van der Waals surface area contributed by atoms with E-state index in [1.54, 1.807) is 12.2 Å². The SMILES string of the molecule is C=CC(Cl)=CC(=C)CNC. The van der Waals surface area contributed by atoms with Gasteiger partial charge in [-0.3, -0.25) is 0 Å². The molecule has 0 aliphatic carbocycles. The predicted molar refractivity (Wildman–Crippen MR) is 47.2 cm³/mol. The first-order valence-electron chi connectivity index (χ1n) is 3.02. The van der Waals surface area contributed by atoms with E-state index < -0.39 is 0 Å². The molecule has 1 nitrogen and oxygen atoms in total. The second-order valence-corrected chi connectivity index (χ2v) is 2.36. The lowest BCUT2D eigenvalue weighted by Crippen LogP contribution is -2.08. The molecule has 0 aromatic heterocycles. The maximum atomic E-state index is 5.65. The number of likely N-dealkylation sites (N-methyl/N-ethyl adjacent to an activating group) is 1. The van der Waals surface area contributed by atoms with Gasteiger partial charge in [-0.25, -0.2) is 0 Å². The van der Waals surface area contributed by atoms with Crippen molar-refractivity contribution in [3.63, 3.8) is 0 Å². The summed E-state index contributed by atoms with van der Waals surface area (Å²) in [4.78, 5) is 0. The molecule has 2 heteroatoms. The van der Waals surface area contributed by atoms with Crippen molar-refractivity contribution in [3.8, 4) is 0 Å². The Kier molecular flexibility index (Phi) is 4.99. The quantitative estimate of drug-likeness (QED) is 0.617. The first kappa shape index (κ1) is 9.47. The summed E-state index contributed by atoms with van der Waals surface area (Å²) in [5.41, 5.74) is 0.951. The minimum absolute atomic E-state index is 0.625. The maximum absolute atomic E-state index is 5.65. The third-order valence-corrected chi connectivity index (χ3v) is 1.20. The third kappa shape index (κ3) is 4.36. The Bertz CT molecular complexity index is 159. The summed E-state index contributed by atoms with van der Waals surface area (Å²) >= 11 is 5.65. The Morgan fingerprint density at radius 3 is 2.70 bits per heavy atom. The lowest BCUT2D eigenvalue weighted by Gasteiger charge is -1.96. The van der Waals surface area contributed by atoms with E-state index in [9.17, 15) is 0 Å². The fourth-order valence-electron chi connectivity index (χ4n) is 0.532. The second-order valence-electron chi connectivity index (χ2n) is 1.92. The standard InChI is InChI=1S/C8H12ClN/c1-4-8(9)5-7(2)6-10-3/h4-5,10H,1-2,6H2,3H3. The summed E-state index contributed by atoms with van der Waals surface area (Å²) in [6.07, 6.45) is 3.37. The molecule has 0 heterocycles. The molecule has 0 saturated carbocycles. The van der Waals surface area contributed by atoms with Crippen LogP contribution in [0.1, 0.15) is 0 Å². The lowest BCUT2D eigenvalue weighted by atomic mass is 10.3. The number of hydrogen-bond acceptors (Lipinski definition) is 1. The molecule has 0 fully saturated rings. The van der Waals surface area contributed by atoms with Gasteiger partial charge in [0.05, 0.1) is 0 Å². The monoisotopic (exact) mass is 157 g/mol. The van der Waals surface area contributed by atoms with Gasteiger partial charge in [-0.05, 0) is 18.7 Å². The van der Waals surface area contributed by atoms with E-state index in [1.165, 1.54) is 0 Å². The normalized spacial score (nSPS) is 11.2.